The number of rotatable bonds is 31. The highest BCUT2D eigenvalue weighted by Crippen LogP contribution is 2.29. The Kier molecular flexibility index (Phi) is 31.9. The first kappa shape index (κ1) is 84.2. The van der Waals surface area contributed by atoms with Gasteiger partial charge in [-0.25, -0.2) is 40.3 Å². The second kappa shape index (κ2) is 45.1. The molecule has 0 spiro atoms. The van der Waals surface area contributed by atoms with E-state index in [1.165, 1.54) is 11.8 Å². The third-order valence-electron chi connectivity index (χ3n) is 19.6. The molecule has 4 aromatic carbocycles. The molecular formula is C84H102N24O9S2. The van der Waals surface area contributed by atoms with Crippen LogP contribution >= 0.6 is 23.5 Å². The topological polar surface area (TPSA) is 382 Å². The van der Waals surface area contributed by atoms with E-state index in [0.717, 1.165) is 215 Å². The number of hydrazone groups is 4. The van der Waals surface area contributed by atoms with E-state index >= 15 is 0 Å². The first-order valence-corrected chi connectivity index (χ1v) is 42.3. The first-order valence-electron chi connectivity index (χ1n) is 40.3. The Hall–Kier alpha value is -11.2. The summed E-state index contributed by atoms with van der Waals surface area (Å²) in [7, 11) is 1.71. The van der Waals surface area contributed by atoms with Crippen molar-refractivity contribution in [3.05, 3.63) is 180 Å². The number of nitrogens with one attached hydrogen (secondary N) is 8. The highest BCUT2D eigenvalue weighted by molar-refractivity contribution is 7.99. The number of nitrogens with zero attached hydrogens (tertiary/aromatic N) is 16. The number of benzene rings is 4. The minimum Gasteiger partial charge on any atom is -0.396 e. The normalized spacial score (nSPS) is 15.6. The fourth-order valence-electron chi connectivity index (χ4n) is 13.5. The van der Waals surface area contributed by atoms with E-state index in [-0.39, 0.29) is 19.5 Å². The summed E-state index contributed by atoms with van der Waals surface area (Å²) in [4.78, 5) is 59.1. The summed E-state index contributed by atoms with van der Waals surface area (Å²) >= 11 is 3.14. The quantitative estimate of drug-likeness (QED) is 0.00482. The Morgan fingerprint density at radius 3 is 1.23 bits per heavy atom. The van der Waals surface area contributed by atoms with Crippen LogP contribution in [0.1, 0.15) is 66.0 Å². The second-order valence-corrected chi connectivity index (χ2v) is 30.1. The zero-order valence-electron chi connectivity index (χ0n) is 66.7. The first-order chi connectivity index (χ1) is 58.8. The van der Waals surface area contributed by atoms with Crippen molar-refractivity contribution in [1.29, 1.82) is 0 Å². The number of aromatic amines is 4. The highest BCUT2D eigenvalue weighted by atomic mass is 32.2. The van der Waals surface area contributed by atoms with Gasteiger partial charge in [0.15, 0.2) is 28.9 Å². The van der Waals surface area contributed by atoms with Crippen molar-refractivity contribution in [2.45, 2.75) is 61.4 Å². The van der Waals surface area contributed by atoms with E-state index in [9.17, 15) is 0 Å². The second-order valence-electron chi connectivity index (χ2n) is 27.9. The minimum atomic E-state index is -0.185. The number of para-hydroxylation sites is 4. The van der Waals surface area contributed by atoms with Crippen molar-refractivity contribution in [1.82, 2.24) is 59.8 Å². The van der Waals surface area contributed by atoms with E-state index in [1.54, 1.807) is 43.7 Å². The van der Waals surface area contributed by atoms with Gasteiger partial charge in [0.25, 0.3) is 0 Å². The lowest BCUT2D eigenvalue weighted by atomic mass is 10.2. The SMILES string of the molecule is C(=N\Nc1cc(N2CCOCC2)nc(CCC2OCCCO2)n1)/c1c[nH]c2ccccc12.COCCCc1nc(N/N=C/c2c[nH]c3ccccc23)cc(N2CCOCC2)n1.OCCCSc1cc(N2CCOCC2)nc(N/N=C/c2c[nH]c3ccccc23)n1.OCCCSc1nc(N/N=C/c2c[nH]c3ccccc23)cc(N2CCOCC2)n1. The van der Waals surface area contributed by atoms with Gasteiger partial charge >= 0.3 is 0 Å². The maximum atomic E-state index is 9.04. The van der Waals surface area contributed by atoms with Gasteiger partial charge in [-0.05, 0) is 49.9 Å². The van der Waals surface area contributed by atoms with Crippen LogP contribution in [0.3, 0.4) is 0 Å². The largest absolute Gasteiger partial charge is 0.396 e. The van der Waals surface area contributed by atoms with Crippen molar-refractivity contribution in [3.63, 3.8) is 0 Å². The number of aromatic nitrogens is 12. The molecule has 10 N–H and O–H groups in total. The number of thioether (sulfide) groups is 2. The van der Waals surface area contributed by atoms with Gasteiger partial charge in [-0.3, -0.25) is 16.3 Å². The number of fused-ring (bicyclic) bond motifs is 4. The van der Waals surface area contributed by atoms with Gasteiger partial charge in [-0.15, -0.1) is 11.8 Å². The number of aliphatic hydroxyl groups excluding tert-OH is 2. The van der Waals surface area contributed by atoms with E-state index < -0.39 is 0 Å². The Morgan fingerprint density at radius 2 is 0.807 bits per heavy atom. The van der Waals surface area contributed by atoms with Crippen LogP contribution in [0.2, 0.25) is 0 Å². The molecular weight excluding hydrogens is 1550 g/mol. The number of H-pyrrole nitrogens is 4. The molecule has 5 fully saturated rings. The van der Waals surface area contributed by atoms with Crippen LogP contribution < -0.4 is 41.3 Å². The summed E-state index contributed by atoms with van der Waals surface area (Å²) in [5.41, 5.74) is 20.5. The van der Waals surface area contributed by atoms with Crippen molar-refractivity contribution < 1.29 is 43.4 Å². The van der Waals surface area contributed by atoms with Crippen molar-refractivity contribution in [2.75, 3.05) is 198 Å². The molecule has 35 heteroatoms. The number of methoxy groups -OCH3 is 1. The third-order valence-corrected chi connectivity index (χ3v) is 21.5. The molecule has 624 valence electrons. The summed E-state index contributed by atoms with van der Waals surface area (Å²) in [6.45, 7) is 14.6. The molecule has 8 aromatic heterocycles. The van der Waals surface area contributed by atoms with Gasteiger partial charge in [0, 0.05) is 225 Å². The lowest BCUT2D eigenvalue weighted by molar-refractivity contribution is -0.180. The van der Waals surface area contributed by atoms with Gasteiger partial charge in [-0.2, -0.15) is 25.4 Å². The Balaban J connectivity index is 0.000000130. The molecule has 119 heavy (non-hydrogen) atoms. The molecule has 0 aliphatic carbocycles. The van der Waals surface area contributed by atoms with E-state index in [1.807, 2.05) is 122 Å². The van der Waals surface area contributed by atoms with E-state index in [2.05, 4.69) is 136 Å². The number of ether oxygens (including phenoxy) is 7. The van der Waals surface area contributed by atoms with Crippen LogP contribution in [0.5, 0.6) is 0 Å². The molecule has 0 amide bonds. The molecule has 0 saturated carbocycles. The highest BCUT2D eigenvalue weighted by Gasteiger charge is 2.22. The van der Waals surface area contributed by atoms with E-state index in [0.29, 0.717) is 101 Å². The number of hydrogen-bond acceptors (Lipinski definition) is 31. The monoisotopic (exact) mass is 1650 g/mol. The molecule has 17 rings (SSSR count). The minimum absolute atomic E-state index is 0.163. The molecule has 0 atom stereocenters. The average molecular weight is 1660 g/mol. The van der Waals surface area contributed by atoms with Gasteiger partial charge < -0.3 is 82.9 Å². The standard InChI is InChI=1S/C23H28N6O3.C21H26N6O2.2C20H24N6O2S/c1-2-5-19-18(4-1)17(15-24-19)16-25-28-21-14-22(29-8-12-30-13-9-29)27-20(26-21)6-7-23-31-10-3-11-32-23;1-28-10-4-7-19-24-20(13-21(25-19)27-8-11-29-12-9-27)26-23-15-16-14-22-18-6-3-2-5-17(16)18;27-8-3-11-29-19-12-18(26-6-9-28-10-7-26)23-20(24-19)25-22-14-15-13-21-17-5-2-1-4-16(15)17;27-8-3-11-29-20-23-18(12-19(24-20)26-6-9-28-10-7-26)25-22-14-15-13-21-17-5-2-1-4-16(15)17/h1-2,4-5,14-16,23-24H,3,6-13H2,(H,26,27,28);2-3,5-6,13-15,22H,4,7-12H2,1H3,(H,24,25,26);2*1-2,4-5,12-14,21,27H,3,6-11H2,(H,23,24,25)/b25-16+;23-15+;2*22-14+. The number of hydrogen-bond donors (Lipinski definition) is 10. The van der Waals surface area contributed by atoms with Crippen molar-refractivity contribution in [2.24, 2.45) is 20.4 Å². The predicted octanol–water partition coefficient (Wildman–Crippen LogP) is 11.2. The summed E-state index contributed by atoms with van der Waals surface area (Å²) < 4.78 is 38.3. The molecule has 5 saturated heterocycles. The fraction of sp³-hybridized carbons (Fsp3) is 0.381. The Bertz CT molecular complexity index is 4870. The molecule has 0 bridgehead atoms. The van der Waals surface area contributed by atoms with Crippen LogP contribution in [0.15, 0.2) is 177 Å². The molecule has 0 unspecified atom stereocenters. The number of morpholine rings is 4. The molecule has 0 radical (unpaired) electrons. The molecule has 5 aliphatic heterocycles. The van der Waals surface area contributed by atoms with Crippen LogP contribution in [-0.2, 0) is 46.0 Å². The third kappa shape index (κ3) is 24.9. The average Bonchev–Trinajstić information content (AvgIpc) is 1.83. The van der Waals surface area contributed by atoms with Gasteiger partial charge in [0.2, 0.25) is 5.95 Å². The molecule has 5 aliphatic rings. The molecule has 13 heterocycles. The fourth-order valence-corrected chi connectivity index (χ4v) is 15.1. The van der Waals surface area contributed by atoms with Crippen molar-refractivity contribution in [3.8, 4) is 0 Å². The van der Waals surface area contributed by atoms with Crippen LogP contribution in [0.25, 0.3) is 43.6 Å². The Morgan fingerprint density at radius 1 is 0.429 bits per heavy atom. The maximum absolute atomic E-state index is 9.04. The maximum Gasteiger partial charge on any atom is 0.246 e. The van der Waals surface area contributed by atoms with Crippen LogP contribution in [0.4, 0.5) is 46.7 Å². The summed E-state index contributed by atoms with van der Waals surface area (Å²) in [6.07, 6.45) is 20.1. The summed E-state index contributed by atoms with van der Waals surface area (Å²) in [6, 6.07) is 40.3. The zero-order chi connectivity index (χ0) is 81.3. The van der Waals surface area contributed by atoms with Crippen LogP contribution in [-0.4, -0.2) is 258 Å². The predicted molar refractivity (Wildman–Crippen MR) is 472 cm³/mol. The lowest BCUT2D eigenvalue weighted by Gasteiger charge is -2.28. The van der Waals surface area contributed by atoms with Crippen molar-refractivity contribution >= 4 is 139 Å². The van der Waals surface area contributed by atoms with Crippen LogP contribution in [0, 0.1) is 0 Å². The number of aryl methyl sites for hydroxylation is 2. The van der Waals surface area contributed by atoms with Gasteiger partial charge in [0.05, 0.1) is 90.9 Å². The lowest BCUT2D eigenvalue weighted by Crippen LogP contribution is -2.37. The number of anilines is 8. The summed E-state index contributed by atoms with van der Waals surface area (Å²) in [5.74, 6) is 9.05. The molecule has 12 aromatic rings. The van der Waals surface area contributed by atoms with Gasteiger partial charge in [0.1, 0.15) is 39.9 Å². The zero-order valence-corrected chi connectivity index (χ0v) is 68.3. The Labute approximate surface area is 698 Å². The number of aliphatic hydroxyl groups is 2. The summed E-state index contributed by atoms with van der Waals surface area (Å²) in [5, 5.41) is 41.7. The van der Waals surface area contributed by atoms with E-state index in [4.69, 9.17) is 53.3 Å². The smallest absolute Gasteiger partial charge is 0.246 e. The van der Waals surface area contributed by atoms with Gasteiger partial charge in [-0.1, -0.05) is 84.6 Å². The molecule has 33 nitrogen and oxygen atoms in total.